The van der Waals surface area contributed by atoms with Crippen LogP contribution in [-0.4, -0.2) is 18.3 Å². The minimum atomic E-state index is 0.215. The maximum Gasteiger partial charge on any atom is 0.134 e. The Hall–Kier alpha value is -0.900. The summed E-state index contributed by atoms with van der Waals surface area (Å²) in [6, 6.07) is 7.81. The first kappa shape index (κ1) is 9.65. The number of fused-ring (bicyclic) bond motifs is 1. The van der Waals surface area contributed by atoms with Gasteiger partial charge in [-0.2, -0.15) is 0 Å². The van der Waals surface area contributed by atoms with Gasteiger partial charge in [0.15, 0.2) is 0 Å². The Kier molecular flexibility index (Phi) is 2.82. The number of hydrogen-bond acceptors (Lipinski definition) is 2. The molecular formula is C11H15NO2. The molecule has 2 atom stereocenters. The highest BCUT2D eigenvalue weighted by Gasteiger charge is 2.27. The lowest BCUT2D eigenvalue weighted by Gasteiger charge is -2.15. The van der Waals surface area contributed by atoms with Crippen molar-refractivity contribution in [3.05, 3.63) is 35.0 Å². The number of rotatable bonds is 3. The van der Waals surface area contributed by atoms with E-state index >= 15 is 0 Å². The average Bonchev–Trinajstić information content (AvgIpc) is 2.54. The van der Waals surface area contributed by atoms with Crippen molar-refractivity contribution >= 4 is 5.69 Å². The van der Waals surface area contributed by atoms with Crippen LogP contribution in [0.4, 0.5) is 5.69 Å². The van der Waals surface area contributed by atoms with Gasteiger partial charge in [0, 0.05) is 18.1 Å². The van der Waals surface area contributed by atoms with E-state index in [2.05, 4.69) is 0 Å². The number of aliphatic hydroxyl groups excluding tert-OH is 1. The van der Waals surface area contributed by atoms with E-state index in [0.717, 1.165) is 18.5 Å². The van der Waals surface area contributed by atoms with E-state index in [4.69, 9.17) is 5.11 Å². The third kappa shape index (κ3) is 1.66. The van der Waals surface area contributed by atoms with Crippen LogP contribution in [0.15, 0.2) is 24.3 Å². The molecule has 1 heterocycles. The van der Waals surface area contributed by atoms with Crippen LogP contribution < -0.4 is 5.06 Å². The second-order valence-electron chi connectivity index (χ2n) is 3.78. The summed E-state index contributed by atoms with van der Waals surface area (Å²) >= 11 is 0. The fraction of sp³-hybridized carbons (Fsp3) is 0.455. The number of hydrogen-bond donors (Lipinski definition) is 2. The molecular weight excluding hydrogens is 178 g/mol. The Labute approximate surface area is 83.6 Å². The van der Waals surface area contributed by atoms with Gasteiger partial charge in [0.25, 0.3) is 0 Å². The van der Waals surface area contributed by atoms with Gasteiger partial charge in [-0.25, -0.2) is 0 Å². The monoisotopic (exact) mass is 193 g/mol. The van der Waals surface area contributed by atoms with E-state index in [0.29, 0.717) is 12.5 Å². The van der Waals surface area contributed by atoms with Crippen LogP contribution >= 0.6 is 0 Å². The molecule has 0 saturated carbocycles. The standard InChI is InChI=1S/C11H15NO2/c13-7-3-4-9-8-12(14)11-6-2-1-5-10(9)11/h1-2,5-6,9,12-13H,3-4,7-8H2. The van der Waals surface area contributed by atoms with Gasteiger partial charge in [-0.1, -0.05) is 18.2 Å². The van der Waals surface area contributed by atoms with E-state index in [1.807, 2.05) is 24.3 Å². The van der Waals surface area contributed by atoms with Gasteiger partial charge < -0.3 is 15.4 Å². The number of nitrogens with one attached hydrogen (secondary N) is 1. The quantitative estimate of drug-likeness (QED) is 0.689. The zero-order chi connectivity index (χ0) is 9.97. The van der Waals surface area contributed by atoms with Crippen LogP contribution in [0.1, 0.15) is 24.3 Å². The highest BCUT2D eigenvalue weighted by Crippen LogP contribution is 2.29. The second-order valence-corrected chi connectivity index (χ2v) is 3.78. The molecule has 0 spiro atoms. The molecule has 0 bridgehead atoms. The van der Waals surface area contributed by atoms with Gasteiger partial charge in [-0.3, -0.25) is 0 Å². The molecule has 76 valence electrons. The Morgan fingerprint density at radius 2 is 2.21 bits per heavy atom. The summed E-state index contributed by atoms with van der Waals surface area (Å²) in [6.45, 7) is 0.839. The fourth-order valence-corrected chi connectivity index (χ4v) is 2.15. The molecule has 2 rings (SSSR count). The summed E-state index contributed by atoms with van der Waals surface area (Å²) in [4.78, 5) is 0. The van der Waals surface area contributed by atoms with Crippen molar-refractivity contribution < 1.29 is 10.2 Å². The molecule has 14 heavy (non-hydrogen) atoms. The Morgan fingerprint density at radius 1 is 1.43 bits per heavy atom. The molecule has 1 aliphatic heterocycles. The molecule has 2 N–H and O–H groups in total. The topological polar surface area (TPSA) is 47.7 Å². The van der Waals surface area contributed by atoms with Gasteiger partial charge >= 0.3 is 0 Å². The van der Waals surface area contributed by atoms with Crippen LogP contribution in [-0.2, 0) is 0 Å². The van der Waals surface area contributed by atoms with Gasteiger partial charge in [0.05, 0.1) is 6.54 Å². The molecule has 0 aliphatic carbocycles. The largest absolute Gasteiger partial charge is 0.629 e. The Balaban J connectivity index is 2.17. The summed E-state index contributed by atoms with van der Waals surface area (Å²) in [5, 5.41) is 20.6. The first-order valence-corrected chi connectivity index (χ1v) is 5.06. The van der Waals surface area contributed by atoms with Gasteiger partial charge in [-0.05, 0) is 18.9 Å². The van der Waals surface area contributed by atoms with Gasteiger partial charge in [-0.15, -0.1) is 0 Å². The highest BCUT2D eigenvalue weighted by atomic mass is 16.5. The van der Waals surface area contributed by atoms with Crippen molar-refractivity contribution in [1.82, 2.24) is 0 Å². The Bertz CT molecular complexity index is 314. The minimum Gasteiger partial charge on any atom is -0.629 e. The second kappa shape index (κ2) is 4.09. The van der Waals surface area contributed by atoms with Crippen LogP contribution in [0.3, 0.4) is 0 Å². The van der Waals surface area contributed by atoms with E-state index in [9.17, 15) is 5.21 Å². The van der Waals surface area contributed by atoms with E-state index in [1.54, 1.807) is 0 Å². The number of benzene rings is 1. The van der Waals surface area contributed by atoms with Crippen molar-refractivity contribution in [3.63, 3.8) is 0 Å². The van der Waals surface area contributed by atoms with Gasteiger partial charge in [0.2, 0.25) is 0 Å². The predicted octanol–water partition coefficient (Wildman–Crippen LogP) is 0.570. The molecule has 1 aromatic carbocycles. The van der Waals surface area contributed by atoms with Crippen LogP contribution in [0.5, 0.6) is 0 Å². The van der Waals surface area contributed by atoms with E-state index < -0.39 is 0 Å². The lowest BCUT2D eigenvalue weighted by Crippen LogP contribution is -3.00. The molecule has 0 radical (unpaired) electrons. The van der Waals surface area contributed by atoms with Crippen molar-refractivity contribution in [3.8, 4) is 0 Å². The van der Waals surface area contributed by atoms with Gasteiger partial charge in [0.1, 0.15) is 5.69 Å². The minimum absolute atomic E-state index is 0.215. The SMILES string of the molecule is [O-][NH+]1CC(CCCO)c2ccccc21. The summed E-state index contributed by atoms with van der Waals surface area (Å²) < 4.78 is 0. The summed E-state index contributed by atoms with van der Waals surface area (Å²) in [6.07, 6.45) is 1.70. The summed E-state index contributed by atoms with van der Waals surface area (Å²) in [5.74, 6) is 0.339. The molecule has 3 heteroatoms. The number of para-hydroxylation sites is 1. The van der Waals surface area contributed by atoms with E-state index in [-0.39, 0.29) is 11.7 Å². The van der Waals surface area contributed by atoms with Crippen molar-refractivity contribution in [1.29, 1.82) is 0 Å². The predicted molar refractivity (Wildman–Crippen MR) is 54.4 cm³/mol. The van der Waals surface area contributed by atoms with Crippen molar-refractivity contribution in [2.75, 3.05) is 13.2 Å². The number of quaternary nitrogens is 1. The summed E-state index contributed by atoms with van der Waals surface area (Å²) in [5.41, 5.74) is 2.06. The molecule has 1 aliphatic rings. The lowest BCUT2D eigenvalue weighted by atomic mass is 9.97. The molecule has 0 fully saturated rings. The highest BCUT2D eigenvalue weighted by molar-refractivity contribution is 5.44. The maximum absolute atomic E-state index is 11.6. The first-order valence-electron chi connectivity index (χ1n) is 5.06. The lowest BCUT2D eigenvalue weighted by molar-refractivity contribution is -0.770. The molecule has 0 saturated heterocycles. The Morgan fingerprint density at radius 3 is 3.00 bits per heavy atom. The zero-order valence-corrected chi connectivity index (χ0v) is 8.07. The van der Waals surface area contributed by atoms with Crippen molar-refractivity contribution in [2.45, 2.75) is 18.8 Å². The van der Waals surface area contributed by atoms with E-state index in [1.165, 1.54) is 5.56 Å². The third-order valence-corrected chi connectivity index (χ3v) is 2.84. The normalized spacial score (nSPS) is 25.0. The first-order chi connectivity index (χ1) is 6.83. The maximum atomic E-state index is 11.6. The zero-order valence-electron chi connectivity index (χ0n) is 8.07. The number of aliphatic hydroxyl groups is 1. The van der Waals surface area contributed by atoms with Crippen LogP contribution in [0, 0.1) is 5.21 Å². The van der Waals surface area contributed by atoms with Crippen molar-refractivity contribution in [2.24, 2.45) is 0 Å². The van der Waals surface area contributed by atoms with Crippen LogP contribution in [0.25, 0.3) is 0 Å². The third-order valence-electron chi connectivity index (χ3n) is 2.84. The molecule has 1 aromatic rings. The van der Waals surface area contributed by atoms with Crippen LogP contribution in [0.2, 0.25) is 0 Å². The average molecular weight is 193 g/mol. The molecule has 0 aromatic heterocycles. The number of hydroxylamine groups is 1. The molecule has 3 nitrogen and oxygen atoms in total. The fourth-order valence-electron chi connectivity index (χ4n) is 2.15. The smallest absolute Gasteiger partial charge is 0.134 e. The molecule has 0 amide bonds. The summed E-state index contributed by atoms with van der Waals surface area (Å²) in [7, 11) is 0. The molecule has 2 unspecified atom stereocenters.